The Labute approximate surface area is 123 Å². The molecule has 1 aromatic rings. The molecule has 1 saturated carbocycles. The summed E-state index contributed by atoms with van der Waals surface area (Å²) in [6.07, 6.45) is 2.97. The first-order chi connectivity index (χ1) is 10.3. The molecular weight excluding hydrogens is 272 g/mol. The maximum absolute atomic E-state index is 12.3. The summed E-state index contributed by atoms with van der Waals surface area (Å²) in [6, 6.07) is 5.67. The summed E-state index contributed by atoms with van der Waals surface area (Å²) in [7, 11) is 0. The maximum Gasteiger partial charge on any atom is 0.291 e. The zero-order chi connectivity index (χ0) is 14.7. The lowest BCUT2D eigenvalue weighted by molar-refractivity contribution is 0.0965. The molecule has 1 fully saturated rings. The van der Waals surface area contributed by atoms with Gasteiger partial charge in [0.1, 0.15) is 0 Å². The van der Waals surface area contributed by atoms with Crippen LogP contribution >= 0.6 is 0 Å². The van der Waals surface area contributed by atoms with E-state index in [-0.39, 0.29) is 18.7 Å². The second-order valence-corrected chi connectivity index (χ2v) is 5.04. The third kappa shape index (κ3) is 3.45. The molecule has 21 heavy (non-hydrogen) atoms. The molecule has 0 atom stereocenters. The number of benzene rings is 1. The van der Waals surface area contributed by atoms with E-state index >= 15 is 0 Å². The molecule has 1 aliphatic heterocycles. The zero-order valence-corrected chi connectivity index (χ0v) is 11.9. The number of ether oxygens (including phenoxy) is 3. The first-order valence-electron chi connectivity index (χ1n) is 7.18. The molecule has 6 nitrogen and oxygen atoms in total. The molecule has 6 heteroatoms. The standard InChI is InChI=1S/C15H18N2O4/c1-2-7-19-15(16-11-4-5-11)17-14(18)10-3-6-12-13(8-10)21-9-20-12/h3,6,8,11H,2,4-5,7,9H2,1H3,(H,16,17,18). The third-order valence-corrected chi connectivity index (χ3v) is 3.14. The molecule has 1 aliphatic carbocycles. The van der Waals surface area contributed by atoms with Crippen molar-refractivity contribution in [1.29, 1.82) is 0 Å². The normalized spacial score (nSPS) is 16.7. The van der Waals surface area contributed by atoms with E-state index in [0.29, 0.717) is 29.7 Å². The Morgan fingerprint density at radius 2 is 2.19 bits per heavy atom. The van der Waals surface area contributed by atoms with E-state index in [9.17, 15) is 4.79 Å². The van der Waals surface area contributed by atoms with Gasteiger partial charge in [-0.3, -0.25) is 10.1 Å². The second kappa shape index (κ2) is 6.03. The number of rotatable bonds is 4. The van der Waals surface area contributed by atoms with E-state index in [4.69, 9.17) is 14.2 Å². The number of amidine groups is 1. The number of nitrogens with one attached hydrogen (secondary N) is 1. The highest BCUT2D eigenvalue weighted by Gasteiger charge is 2.23. The molecule has 3 rings (SSSR count). The van der Waals surface area contributed by atoms with Gasteiger partial charge in [-0.1, -0.05) is 6.92 Å². The fourth-order valence-electron chi connectivity index (χ4n) is 1.88. The van der Waals surface area contributed by atoms with Crippen molar-refractivity contribution in [2.45, 2.75) is 32.2 Å². The first kappa shape index (κ1) is 13.7. The quantitative estimate of drug-likeness (QED) is 0.681. The van der Waals surface area contributed by atoms with E-state index in [0.717, 1.165) is 19.3 Å². The van der Waals surface area contributed by atoms with Crippen LogP contribution in [0.5, 0.6) is 11.5 Å². The topological polar surface area (TPSA) is 69.2 Å². The van der Waals surface area contributed by atoms with Crippen LogP contribution in [0.3, 0.4) is 0 Å². The summed E-state index contributed by atoms with van der Waals surface area (Å²) in [5.41, 5.74) is 0.489. The van der Waals surface area contributed by atoms with Crippen LogP contribution in [0.15, 0.2) is 23.2 Å². The first-order valence-corrected chi connectivity index (χ1v) is 7.18. The van der Waals surface area contributed by atoms with Crippen molar-refractivity contribution in [2.75, 3.05) is 13.4 Å². The average molecular weight is 290 g/mol. The number of aliphatic imine (C=N–C) groups is 1. The second-order valence-electron chi connectivity index (χ2n) is 5.04. The fraction of sp³-hybridized carbons (Fsp3) is 0.467. The highest BCUT2D eigenvalue weighted by atomic mass is 16.7. The predicted octanol–water partition coefficient (Wildman–Crippen LogP) is 2.09. The van der Waals surface area contributed by atoms with E-state index in [2.05, 4.69) is 10.3 Å². The number of nitrogens with zero attached hydrogens (tertiary/aromatic N) is 1. The van der Waals surface area contributed by atoms with Crippen LogP contribution in [0.1, 0.15) is 36.5 Å². The van der Waals surface area contributed by atoms with E-state index in [1.54, 1.807) is 18.2 Å². The third-order valence-electron chi connectivity index (χ3n) is 3.14. The Bertz CT molecular complexity index is 567. The summed E-state index contributed by atoms with van der Waals surface area (Å²) in [5, 5.41) is 2.72. The van der Waals surface area contributed by atoms with Gasteiger partial charge in [0.2, 0.25) is 6.79 Å². The lowest BCUT2D eigenvalue weighted by Gasteiger charge is -2.10. The molecular formula is C15H18N2O4. The Morgan fingerprint density at radius 1 is 1.38 bits per heavy atom. The fourth-order valence-corrected chi connectivity index (χ4v) is 1.88. The SMILES string of the molecule is CCCOC(=NC1CC1)NC(=O)c1ccc2c(c1)OCO2. The smallest absolute Gasteiger partial charge is 0.291 e. The molecule has 1 aromatic carbocycles. The van der Waals surface area contributed by atoms with Crippen LogP contribution in [0, 0.1) is 0 Å². The monoisotopic (exact) mass is 290 g/mol. The van der Waals surface area contributed by atoms with Gasteiger partial charge < -0.3 is 14.2 Å². The molecule has 2 aliphatic rings. The Kier molecular flexibility index (Phi) is 3.94. The Morgan fingerprint density at radius 3 is 2.95 bits per heavy atom. The van der Waals surface area contributed by atoms with Crippen LogP contribution in [-0.2, 0) is 4.74 Å². The van der Waals surface area contributed by atoms with Crippen molar-refractivity contribution in [1.82, 2.24) is 5.32 Å². The van der Waals surface area contributed by atoms with Gasteiger partial charge in [0, 0.05) is 5.56 Å². The number of carbonyl (C=O) groups excluding carboxylic acids is 1. The number of hydrogen-bond donors (Lipinski definition) is 1. The van der Waals surface area contributed by atoms with Crippen LogP contribution in [0.4, 0.5) is 0 Å². The molecule has 0 unspecified atom stereocenters. The summed E-state index contributed by atoms with van der Waals surface area (Å²) in [4.78, 5) is 16.6. The summed E-state index contributed by atoms with van der Waals surface area (Å²) in [5.74, 6) is 0.974. The van der Waals surface area contributed by atoms with Crippen molar-refractivity contribution in [3.05, 3.63) is 23.8 Å². The van der Waals surface area contributed by atoms with Crippen LogP contribution < -0.4 is 14.8 Å². The van der Waals surface area contributed by atoms with Crippen molar-refractivity contribution in [2.24, 2.45) is 4.99 Å². The molecule has 1 heterocycles. The molecule has 1 N–H and O–H groups in total. The van der Waals surface area contributed by atoms with Crippen LogP contribution in [-0.4, -0.2) is 31.4 Å². The molecule has 112 valence electrons. The van der Waals surface area contributed by atoms with Gasteiger partial charge >= 0.3 is 0 Å². The van der Waals surface area contributed by atoms with E-state index in [1.807, 2.05) is 6.92 Å². The van der Waals surface area contributed by atoms with E-state index in [1.165, 1.54) is 0 Å². The molecule has 1 amide bonds. The van der Waals surface area contributed by atoms with E-state index < -0.39 is 0 Å². The lowest BCUT2D eigenvalue weighted by Crippen LogP contribution is -2.33. The van der Waals surface area contributed by atoms with Crippen molar-refractivity contribution < 1.29 is 19.0 Å². The summed E-state index contributed by atoms with van der Waals surface area (Å²) >= 11 is 0. The van der Waals surface area contributed by atoms with Crippen molar-refractivity contribution in [3.63, 3.8) is 0 Å². The molecule has 0 aromatic heterocycles. The number of fused-ring (bicyclic) bond motifs is 1. The van der Waals surface area contributed by atoms with Gasteiger partial charge in [-0.25, -0.2) is 4.99 Å². The van der Waals surface area contributed by atoms with Crippen LogP contribution in [0.2, 0.25) is 0 Å². The Hall–Kier alpha value is -2.24. The minimum Gasteiger partial charge on any atom is -0.465 e. The minimum absolute atomic E-state index is 0.189. The average Bonchev–Trinajstić information content (AvgIpc) is 3.17. The number of amides is 1. The zero-order valence-electron chi connectivity index (χ0n) is 11.9. The number of hydrogen-bond acceptors (Lipinski definition) is 5. The van der Waals surface area contributed by atoms with Crippen molar-refractivity contribution in [3.8, 4) is 11.5 Å². The molecule has 0 radical (unpaired) electrons. The molecule has 0 saturated heterocycles. The minimum atomic E-state index is -0.260. The Balaban J connectivity index is 1.68. The largest absolute Gasteiger partial charge is 0.465 e. The van der Waals surface area contributed by atoms with Crippen LogP contribution in [0.25, 0.3) is 0 Å². The van der Waals surface area contributed by atoms with Gasteiger partial charge in [-0.2, -0.15) is 0 Å². The highest BCUT2D eigenvalue weighted by molar-refractivity contribution is 6.04. The molecule has 0 spiro atoms. The summed E-state index contributed by atoms with van der Waals surface area (Å²) < 4.78 is 16.0. The van der Waals surface area contributed by atoms with Gasteiger partial charge in [0.15, 0.2) is 11.5 Å². The lowest BCUT2D eigenvalue weighted by atomic mass is 10.2. The maximum atomic E-state index is 12.3. The van der Waals surface area contributed by atoms with Gasteiger partial charge in [0.05, 0.1) is 12.6 Å². The summed E-state index contributed by atoms with van der Waals surface area (Å²) in [6.45, 7) is 2.73. The van der Waals surface area contributed by atoms with Crippen molar-refractivity contribution >= 4 is 11.9 Å². The molecule has 0 bridgehead atoms. The number of carbonyl (C=O) groups is 1. The highest BCUT2D eigenvalue weighted by Crippen LogP contribution is 2.32. The van der Waals surface area contributed by atoms with Gasteiger partial charge in [0.25, 0.3) is 11.9 Å². The van der Waals surface area contributed by atoms with Gasteiger partial charge in [-0.05, 0) is 37.5 Å². The van der Waals surface area contributed by atoms with Gasteiger partial charge in [-0.15, -0.1) is 0 Å². The predicted molar refractivity (Wildman–Crippen MR) is 76.7 cm³/mol.